The molecule has 2 aromatic carbocycles. The molecule has 0 saturated heterocycles. The highest BCUT2D eigenvalue weighted by atomic mass is 79.9. The molecule has 20 heavy (non-hydrogen) atoms. The smallest absolute Gasteiger partial charge is 0.338 e. The molecule has 0 aliphatic heterocycles. The predicted octanol–water partition coefficient (Wildman–Crippen LogP) is 4.00. The maximum atomic E-state index is 13.4. The van der Waals surface area contributed by atoms with Crippen LogP contribution in [0.15, 0.2) is 40.9 Å². The van der Waals surface area contributed by atoms with E-state index in [0.717, 1.165) is 12.1 Å². The predicted molar refractivity (Wildman–Crippen MR) is 71.8 cm³/mol. The molecule has 0 heterocycles. The lowest BCUT2D eigenvalue weighted by molar-refractivity contribution is 0.0692. The van der Waals surface area contributed by atoms with Crippen molar-refractivity contribution in [3.63, 3.8) is 0 Å². The average molecular weight is 343 g/mol. The van der Waals surface area contributed by atoms with Gasteiger partial charge in [0.15, 0.2) is 0 Å². The Morgan fingerprint density at radius 2 is 1.95 bits per heavy atom. The van der Waals surface area contributed by atoms with E-state index in [0.29, 0.717) is 5.56 Å². The summed E-state index contributed by atoms with van der Waals surface area (Å²) in [7, 11) is 0. The number of hydrogen-bond donors (Lipinski definition) is 1. The molecule has 6 heteroatoms. The molecule has 0 atom stereocenters. The lowest BCUT2D eigenvalue weighted by atomic mass is 10.2. The van der Waals surface area contributed by atoms with Crippen LogP contribution in [0.4, 0.5) is 8.78 Å². The fourth-order valence-electron chi connectivity index (χ4n) is 1.58. The van der Waals surface area contributed by atoms with Crippen molar-refractivity contribution in [3.05, 3.63) is 63.6 Å². The third-order valence-corrected chi connectivity index (χ3v) is 3.48. The zero-order valence-electron chi connectivity index (χ0n) is 10.1. The maximum absolute atomic E-state index is 13.4. The fraction of sp³-hybridized carbons (Fsp3) is 0.0714. The van der Waals surface area contributed by atoms with Crippen molar-refractivity contribution < 1.29 is 23.4 Å². The van der Waals surface area contributed by atoms with E-state index in [-0.39, 0.29) is 16.8 Å². The third kappa shape index (κ3) is 3.14. The Kier molecular flexibility index (Phi) is 4.34. The Bertz CT molecular complexity index is 659. The Morgan fingerprint density at radius 1 is 1.20 bits per heavy atom. The molecule has 0 amide bonds. The summed E-state index contributed by atoms with van der Waals surface area (Å²) in [6.07, 6.45) is 0. The van der Waals surface area contributed by atoms with Gasteiger partial charge < -0.3 is 9.84 Å². The van der Waals surface area contributed by atoms with Crippen LogP contribution >= 0.6 is 15.9 Å². The van der Waals surface area contributed by atoms with Gasteiger partial charge in [-0.15, -0.1) is 0 Å². The number of carboxylic acids is 1. The van der Waals surface area contributed by atoms with Crippen LogP contribution < -0.4 is 4.74 Å². The molecule has 2 rings (SSSR count). The summed E-state index contributed by atoms with van der Waals surface area (Å²) in [5.41, 5.74) is 0.136. The first-order valence-corrected chi connectivity index (χ1v) is 6.37. The molecule has 0 aliphatic carbocycles. The van der Waals surface area contributed by atoms with E-state index in [1.54, 1.807) is 6.07 Å². The van der Waals surface area contributed by atoms with Gasteiger partial charge in [0, 0.05) is 11.6 Å². The summed E-state index contributed by atoms with van der Waals surface area (Å²) >= 11 is 3.09. The Labute approximate surface area is 121 Å². The van der Waals surface area contributed by atoms with Gasteiger partial charge in [-0.1, -0.05) is 12.1 Å². The number of rotatable bonds is 4. The summed E-state index contributed by atoms with van der Waals surface area (Å²) in [4.78, 5) is 10.7. The molecule has 0 fully saturated rings. The molecule has 0 spiro atoms. The number of benzene rings is 2. The summed E-state index contributed by atoms with van der Waals surface area (Å²) in [6, 6.07) is 7.95. The van der Waals surface area contributed by atoms with Crippen LogP contribution in [0.5, 0.6) is 5.75 Å². The topological polar surface area (TPSA) is 46.5 Å². The van der Waals surface area contributed by atoms with Crippen molar-refractivity contribution in [2.24, 2.45) is 0 Å². The van der Waals surface area contributed by atoms with Crippen molar-refractivity contribution in [1.82, 2.24) is 0 Å². The van der Waals surface area contributed by atoms with Gasteiger partial charge in [-0.25, -0.2) is 13.6 Å². The van der Waals surface area contributed by atoms with Crippen molar-refractivity contribution in [3.8, 4) is 5.75 Å². The van der Waals surface area contributed by atoms with Gasteiger partial charge in [-0.2, -0.15) is 0 Å². The molecular formula is C14H9BrF2O3. The number of hydrogen-bond acceptors (Lipinski definition) is 2. The van der Waals surface area contributed by atoms with E-state index in [4.69, 9.17) is 9.84 Å². The second kappa shape index (κ2) is 6.00. The normalized spacial score (nSPS) is 10.3. The van der Waals surface area contributed by atoms with Crippen LogP contribution in [0.2, 0.25) is 0 Å². The molecule has 0 bridgehead atoms. The van der Waals surface area contributed by atoms with Crippen molar-refractivity contribution in [1.29, 1.82) is 0 Å². The highest BCUT2D eigenvalue weighted by Crippen LogP contribution is 2.23. The summed E-state index contributed by atoms with van der Waals surface area (Å²) in [5, 5.41) is 8.70. The van der Waals surface area contributed by atoms with Crippen LogP contribution in [0.1, 0.15) is 15.9 Å². The van der Waals surface area contributed by atoms with Gasteiger partial charge >= 0.3 is 5.97 Å². The first-order valence-electron chi connectivity index (χ1n) is 5.57. The highest BCUT2D eigenvalue weighted by molar-refractivity contribution is 9.10. The van der Waals surface area contributed by atoms with E-state index < -0.39 is 23.2 Å². The second-order valence-corrected chi connectivity index (χ2v) is 4.74. The number of carboxylic acid groups (broad SMARTS) is 1. The van der Waals surface area contributed by atoms with Crippen LogP contribution in [-0.2, 0) is 6.61 Å². The van der Waals surface area contributed by atoms with Gasteiger partial charge in [0.2, 0.25) is 0 Å². The number of aromatic carboxylic acids is 1. The molecule has 0 radical (unpaired) electrons. The van der Waals surface area contributed by atoms with Gasteiger partial charge in [0.1, 0.15) is 24.0 Å². The number of halogens is 3. The van der Waals surface area contributed by atoms with Crippen molar-refractivity contribution >= 4 is 21.9 Å². The molecular weight excluding hydrogens is 334 g/mol. The van der Waals surface area contributed by atoms with Crippen LogP contribution in [0.3, 0.4) is 0 Å². The SMILES string of the molecule is O=C(O)c1ccc(OCc2cccc(F)c2Br)cc1F. The minimum atomic E-state index is -1.35. The van der Waals surface area contributed by atoms with Gasteiger partial charge in [0.25, 0.3) is 0 Å². The first-order chi connectivity index (χ1) is 9.49. The van der Waals surface area contributed by atoms with Crippen LogP contribution in [0.25, 0.3) is 0 Å². The maximum Gasteiger partial charge on any atom is 0.338 e. The van der Waals surface area contributed by atoms with E-state index in [1.165, 1.54) is 18.2 Å². The number of carbonyl (C=O) groups is 1. The largest absolute Gasteiger partial charge is 0.489 e. The standard InChI is InChI=1S/C14H9BrF2O3/c15-13-8(2-1-3-11(13)16)7-20-9-4-5-10(14(18)19)12(17)6-9/h1-6H,7H2,(H,18,19). The monoisotopic (exact) mass is 342 g/mol. The molecule has 3 nitrogen and oxygen atoms in total. The average Bonchev–Trinajstić information content (AvgIpc) is 2.40. The Hall–Kier alpha value is -1.95. The fourth-order valence-corrected chi connectivity index (χ4v) is 1.96. The zero-order chi connectivity index (χ0) is 14.7. The summed E-state index contributed by atoms with van der Waals surface area (Å²) < 4.78 is 32.3. The van der Waals surface area contributed by atoms with E-state index in [2.05, 4.69) is 15.9 Å². The third-order valence-electron chi connectivity index (χ3n) is 2.60. The summed E-state index contributed by atoms with van der Waals surface area (Å²) in [5.74, 6) is -2.47. The quantitative estimate of drug-likeness (QED) is 0.913. The van der Waals surface area contributed by atoms with E-state index in [9.17, 15) is 13.6 Å². The summed E-state index contributed by atoms with van der Waals surface area (Å²) in [6.45, 7) is 0.0319. The van der Waals surface area contributed by atoms with Crippen molar-refractivity contribution in [2.75, 3.05) is 0 Å². The van der Waals surface area contributed by atoms with Gasteiger partial charge in [0.05, 0.1) is 10.0 Å². The lowest BCUT2D eigenvalue weighted by Crippen LogP contribution is -2.02. The minimum absolute atomic E-state index is 0.0319. The lowest BCUT2D eigenvalue weighted by Gasteiger charge is -2.09. The molecule has 2 aromatic rings. The molecule has 0 aliphatic rings. The van der Waals surface area contributed by atoms with Gasteiger partial charge in [-0.3, -0.25) is 0 Å². The molecule has 0 unspecified atom stereocenters. The van der Waals surface area contributed by atoms with E-state index >= 15 is 0 Å². The Balaban J connectivity index is 2.13. The molecule has 0 saturated carbocycles. The van der Waals surface area contributed by atoms with Crippen molar-refractivity contribution in [2.45, 2.75) is 6.61 Å². The molecule has 104 valence electrons. The molecule has 1 N–H and O–H groups in total. The second-order valence-electron chi connectivity index (χ2n) is 3.95. The van der Waals surface area contributed by atoms with Crippen LogP contribution in [-0.4, -0.2) is 11.1 Å². The highest BCUT2D eigenvalue weighted by Gasteiger charge is 2.11. The molecule has 0 aromatic heterocycles. The van der Waals surface area contributed by atoms with E-state index in [1.807, 2.05) is 0 Å². The van der Waals surface area contributed by atoms with Gasteiger partial charge in [-0.05, 0) is 34.1 Å². The number of ether oxygens (including phenoxy) is 1. The van der Waals surface area contributed by atoms with Crippen LogP contribution in [0, 0.1) is 11.6 Å². The first kappa shape index (κ1) is 14.5. The zero-order valence-corrected chi connectivity index (χ0v) is 11.7. The Morgan fingerprint density at radius 3 is 2.60 bits per heavy atom. The minimum Gasteiger partial charge on any atom is -0.489 e.